The molecule has 2 fully saturated rings. The number of anilines is 3. The quantitative estimate of drug-likeness (QED) is 0.290. The molecular formula is C29H36N8O. The summed E-state index contributed by atoms with van der Waals surface area (Å²) in [6.07, 6.45) is 12.6. The Morgan fingerprint density at radius 1 is 1.03 bits per heavy atom. The lowest BCUT2D eigenvalue weighted by atomic mass is 9.91. The minimum Gasteiger partial charge on any atom is -0.496 e. The zero-order chi connectivity index (χ0) is 25.7. The molecule has 0 spiro atoms. The number of hydrogen-bond donors (Lipinski definition) is 2. The number of H-pyrrole nitrogens is 1. The molecule has 2 aliphatic rings. The Morgan fingerprint density at radius 2 is 1.84 bits per heavy atom. The number of aromatic nitrogens is 6. The van der Waals surface area contributed by atoms with Crippen LogP contribution in [0.3, 0.4) is 0 Å². The van der Waals surface area contributed by atoms with E-state index >= 15 is 0 Å². The lowest BCUT2D eigenvalue weighted by molar-refractivity contribution is 0.372. The zero-order valence-corrected chi connectivity index (χ0v) is 22.1. The van der Waals surface area contributed by atoms with Gasteiger partial charge in [0.2, 0.25) is 5.95 Å². The molecule has 1 aliphatic carbocycles. The summed E-state index contributed by atoms with van der Waals surface area (Å²) in [5.74, 6) is 3.66. The van der Waals surface area contributed by atoms with Crippen LogP contribution in [0.2, 0.25) is 0 Å². The van der Waals surface area contributed by atoms with Crippen LogP contribution < -0.4 is 15.0 Å². The molecule has 3 heterocycles. The molecule has 0 radical (unpaired) electrons. The van der Waals surface area contributed by atoms with Gasteiger partial charge in [-0.3, -0.25) is 0 Å². The van der Waals surface area contributed by atoms with Gasteiger partial charge in [-0.05, 0) is 86.8 Å². The molecule has 38 heavy (non-hydrogen) atoms. The third-order valence-corrected chi connectivity index (χ3v) is 8.24. The molecule has 9 heteroatoms. The normalized spacial score (nSPS) is 16.8. The minimum atomic E-state index is 0.505. The molecule has 198 valence electrons. The third-order valence-electron chi connectivity index (χ3n) is 8.24. The number of fused-ring (bicyclic) bond motifs is 1. The number of methoxy groups -OCH3 is 1. The Hall–Kier alpha value is -3.75. The average Bonchev–Trinajstić information content (AvgIpc) is 3.68. The van der Waals surface area contributed by atoms with Crippen molar-refractivity contribution in [2.24, 2.45) is 5.92 Å². The van der Waals surface area contributed by atoms with Crippen molar-refractivity contribution in [2.45, 2.75) is 63.7 Å². The molecule has 6 rings (SSSR count). The van der Waals surface area contributed by atoms with Gasteiger partial charge >= 0.3 is 0 Å². The summed E-state index contributed by atoms with van der Waals surface area (Å²) in [6, 6.07) is 12.8. The molecule has 4 aromatic rings. The number of hydrogen-bond acceptors (Lipinski definition) is 8. The van der Waals surface area contributed by atoms with Crippen molar-refractivity contribution in [3.8, 4) is 5.75 Å². The van der Waals surface area contributed by atoms with Crippen molar-refractivity contribution in [3.63, 3.8) is 0 Å². The van der Waals surface area contributed by atoms with Crippen LogP contribution in [-0.4, -0.2) is 50.8 Å². The number of tetrazole rings is 1. The maximum absolute atomic E-state index is 5.74. The van der Waals surface area contributed by atoms with Gasteiger partial charge in [0.1, 0.15) is 5.75 Å². The Morgan fingerprint density at radius 3 is 2.58 bits per heavy atom. The van der Waals surface area contributed by atoms with E-state index in [0.717, 1.165) is 60.0 Å². The van der Waals surface area contributed by atoms with Crippen LogP contribution >= 0.6 is 0 Å². The first-order valence-electron chi connectivity index (χ1n) is 13.9. The van der Waals surface area contributed by atoms with Crippen molar-refractivity contribution in [1.29, 1.82) is 0 Å². The zero-order valence-electron chi connectivity index (χ0n) is 22.1. The maximum atomic E-state index is 5.74. The molecule has 0 bridgehead atoms. The van der Waals surface area contributed by atoms with E-state index in [1.54, 1.807) is 7.11 Å². The standard InChI is InChI=1S/C29H36N8O/c1-38-25-14-9-22-19-30-29(32-28(22)27(25)21-6-2-3-7-21)31-23-10-12-24(13-11-23)37-17-15-20(16-18-37)5-4-8-26-33-35-36-34-26/h9-14,19-21H,2-8,15-18H2,1H3,(H,30,31,32)(H,33,34,35,36). The maximum Gasteiger partial charge on any atom is 0.227 e. The third kappa shape index (κ3) is 5.42. The second-order valence-electron chi connectivity index (χ2n) is 10.6. The van der Waals surface area contributed by atoms with E-state index in [2.05, 4.69) is 72.2 Å². The number of nitrogens with zero attached hydrogens (tertiary/aromatic N) is 6. The average molecular weight is 513 g/mol. The van der Waals surface area contributed by atoms with Gasteiger partial charge in [0.25, 0.3) is 0 Å². The van der Waals surface area contributed by atoms with E-state index in [9.17, 15) is 0 Å². The van der Waals surface area contributed by atoms with E-state index in [-0.39, 0.29) is 0 Å². The summed E-state index contributed by atoms with van der Waals surface area (Å²) in [7, 11) is 1.75. The van der Waals surface area contributed by atoms with E-state index in [1.807, 2.05) is 6.20 Å². The molecule has 1 saturated heterocycles. The number of aromatic amines is 1. The molecule has 9 nitrogen and oxygen atoms in total. The van der Waals surface area contributed by atoms with Crippen molar-refractivity contribution < 1.29 is 4.74 Å². The van der Waals surface area contributed by atoms with Gasteiger partial charge in [0.05, 0.1) is 12.6 Å². The fourth-order valence-corrected chi connectivity index (χ4v) is 6.15. The lowest BCUT2D eigenvalue weighted by Gasteiger charge is -2.33. The van der Waals surface area contributed by atoms with Gasteiger partial charge in [0, 0.05) is 48.0 Å². The van der Waals surface area contributed by atoms with Gasteiger partial charge in [-0.25, -0.2) is 9.97 Å². The first-order valence-corrected chi connectivity index (χ1v) is 13.9. The molecule has 0 amide bonds. The van der Waals surface area contributed by atoms with Crippen molar-refractivity contribution in [3.05, 3.63) is 54.0 Å². The molecule has 2 aromatic heterocycles. The van der Waals surface area contributed by atoms with E-state index < -0.39 is 0 Å². The number of benzene rings is 2. The van der Waals surface area contributed by atoms with E-state index in [4.69, 9.17) is 9.72 Å². The Labute approximate surface area is 223 Å². The largest absolute Gasteiger partial charge is 0.496 e. The van der Waals surface area contributed by atoms with Gasteiger partial charge in [0.15, 0.2) is 5.82 Å². The van der Waals surface area contributed by atoms with E-state index in [1.165, 1.54) is 56.2 Å². The summed E-state index contributed by atoms with van der Waals surface area (Å²) >= 11 is 0. The predicted molar refractivity (Wildman–Crippen MR) is 149 cm³/mol. The van der Waals surface area contributed by atoms with Crippen LogP contribution in [0.1, 0.15) is 68.7 Å². The topological polar surface area (TPSA) is 105 Å². The summed E-state index contributed by atoms with van der Waals surface area (Å²) < 4.78 is 5.74. The van der Waals surface area contributed by atoms with Crippen LogP contribution in [0.15, 0.2) is 42.6 Å². The molecule has 0 atom stereocenters. The SMILES string of the molecule is COc1ccc2cnc(Nc3ccc(N4CCC(CCCc5nn[nH]n5)CC4)cc3)nc2c1C1CCCC1. The second kappa shape index (κ2) is 11.3. The molecule has 1 saturated carbocycles. The van der Waals surface area contributed by atoms with Gasteiger partial charge in [-0.15, -0.1) is 10.2 Å². The summed E-state index contributed by atoms with van der Waals surface area (Å²) in [6.45, 7) is 2.19. The van der Waals surface area contributed by atoms with Gasteiger partial charge < -0.3 is 15.0 Å². The number of piperidine rings is 1. The van der Waals surface area contributed by atoms with Crippen LogP contribution in [0, 0.1) is 5.92 Å². The lowest BCUT2D eigenvalue weighted by Crippen LogP contribution is -2.33. The number of aryl methyl sites for hydroxylation is 1. The van der Waals surface area contributed by atoms with Crippen molar-refractivity contribution >= 4 is 28.2 Å². The first-order chi connectivity index (χ1) is 18.8. The number of nitrogens with one attached hydrogen (secondary N) is 2. The summed E-state index contributed by atoms with van der Waals surface area (Å²) in [4.78, 5) is 12.1. The predicted octanol–water partition coefficient (Wildman–Crippen LogP) is 5.79. The first kappa shape index (κ1) is 24.6. The highest BCUT2D eigenvalue weighted by atomic mass is 16.5. The second-order valence-corrected chi connectivity index (χ2v) is 10.6. The fourth-order valence-electron chi connectivity index (χ4n) is 6.15. The minimum absolute atomic E-state index is 0.505. The van der Waals surface area contributed by atoms with Crippen LogP contribution in [0.5, 0.6) is 5.75 Å². The molecule has 0 unspecified atom stereocenters. The Bertz CT molecular complexity index is 1330. The molecular weight excluding hydrogens is 476 g/mol. The van der Waals surface area contributed by atoms with Gasteiger partial charge in [-0.1, -0.05) is 18.1 Å². The Kier molecular flexibility index (Phi) is 7.33. The molecule has 1 aliphatic heterocycles. The highest BCUT2D eigenvalue weighted by Crippen LogP contribution is 2.42. The van der Waals surface area contributed by atoms with Crippen LogP contribution in [-0.2, 0) is 6.42 Å². The van der Waals surface area contributed by atoms with Crippen LogP contribution in [0.4, 0.5) is 17.3 Å². The highest BCUT2D eigenvalue weighted by Gasteiger charge is 2.24. The monoisotopic (exact) mass is 512 g/mol. The molecule has 2 aromatic carbocycles. The summed E-state index contributed by atoms with van der Waals surface area (Å²) in [5.41, 5.74) is 4.51. The van der Waals surface area contributed by atoms with Gasteiger partial charge in [-0.2, -0.15) is 5.21 Å². The molecule has 2 N–H and O–H groups in total. The van der Waals surface area contributed by atoms with Crippen molar-refractivity contribution in [2.75, 3.05) is 30.4 Å². The smallest absolute Gasteiger partial charge is 0.227 e. The summed E-state index contributed by atoms with van der Waals surface area (Å²) in [5, 5.41) is 18.8. The van der Waals surface area contributed by atoms with Crippen LogP contribution in [0.25, 0.3) is 10.9 Å². The number of ether oxygens (including phenoxy) is 1. The fraction of sp³-hybridized carbons (Fsp3) is 0.483. The number of rotatable bonds is 9. The Balaban J connectivity index is 1.08. The van der Waals surface area contributed by atoms with E-state index in [0.29, 0.717) is 11.9 Å². The highest BCUT2D eigenvalue weighted by molar-refractivity contribution is 5.85. The van der Waals surface area contributed by atoms with Crippen molar-refractivity contribution in [1.82, 2.24) is 30.6 Å².